The lowest BCUT2D eigenvalue weighted by Gasteiger charge is -2.37. The standard InChI is InChI=1S/C29H28FNO3S.C28H26FNO3S/c1-19-5-2-3-6-24(19)28(33)29-27(25-12-9-22(32)15-26(25)35-29)21-7-10-23(11-8-21)34-14-4-13-31-17-20(16-30)18-31;29-16-19-17-30(18-19)13-4-14-33-23-10-7-20(8-11-23)26-24-12-9-22(31)15-25(24)34-28(26)27(32)21-5-2-1-3-6-21/h2-3,5-12,15,20,32H,4,13-14,16-18H2,1H3;1-3,5-12,15,19,31H,4,13-14,16-18H2. The van der Waals surface area contributed by atoms with Crippen molar-refractivity contribution in [2.24, 2.45) is 11.8 Å². The molecule has 8 aromatic rings. The normalized spacial score (nSPS) is 14.2. The molecule has 354 valence electrons. The fraction of sp³-hybridized carbons (Fsp3) is 0.263. The van der Waals surface area contributed by atoms with Gasteiger partial charge in [0, 0.05) is 93.5 Å². The van der Waals surface area contributed by atoms with Crippen LogP contribution in [0.2, 0.25) is 0 Å². The van der Waals surface area contributed by atoms with E-state index >= 15 is 0 Å². The van der Waals surface area contributed by atoms with Crippen LogP contribution in [0.3, 0.4) is 0 Å². The number of alkyl halides is 2. The summed E-state index contributed by atoms with van der Waals surface area (Å²) in [5.74, 6) is 2.30. The van der Waals surface area contributed by atoms with Crippen LogP contribution in [0.5, 0.6) is 23.0 Å². The number of aromatic hydroxyl groups is 2. The Morgan fingerprint density at radius 2 is 1.03 bits per heavy atom. The predicted octanol–water partition coefficient (Wildman–Crippen LogP) is 12.7. The zero-order chi connectivity index (χ0) is 47.9. The summed E-state index contributed by atoms with van der Waals surface area (Å²) in [4.78, 5) is 32.8. The molecule has 2 aliphatic rings. The molecule has 2 saturated heterocycles. The number of halogens is 2. The molecule has 10 rings (SSSR count). The minimum absolute atomic E-state index is 0.0138. The summed E-state index contributed by atoms with van der Waals surface area (Å²) in [6.45, 7) is 7.95. The Bertz CT molecular complexity index is 3030. The molecule has 2 N–H and O–H groups in total. The predicted molar refractivity (Wildman–Crippen MR) is 274 cm³/mol. The van der Waals surface area contributed by atoms with Gasteiger partial charge >= 0.3 is 0 Å². The highest BCUT2D eigenvalue weighted by Crippen LogP contribution is 2.43. The third-order valence-electron chi connectivity index (χ3n) is 12.7. The second kappa shape index (κ2) is 21.9. The average Bonchev–Trinajstić information content (AvgIpc) is 3.91. The van der Waals surface area contributed by atoms with Crippen LogP contribution in [0.15, 0.2) is 140 Å². The first-order valence-electron chi connectivity index (χ1n) is 23.4. The van der Waals surface area contributed by atoms with Gasteiger partial charge in [-0.25, -0.2) is 0 Å². The molecule has 0 atom stereocenters. The minimum Gasteiger partial charge on any atom is -0.508 e. The number of rotatable bonds is 18. The van der Waals surface area contributed by atoms with Crippen LogP contribution in [0.25, 0.3) is 42.4 Å². The number of phenols is 2. The number of carbonyl (C=O) groups excluding carboxylic acids is 2. The molecule has 0 saturated carbocycles. The van der Waals surface area contributed by atoms with Gasteiger partial charge in [0.05, 0.1) is 36.3 Å². The van der Waals surface area contributed by atoms with Crippen molar-refractivity contribution >= 4 is 54.4 Å². The van der Waals surface area contributed by atoms with Crippen LogP contribution >= 0.6 is 22.7 Å². The first-order chi connectivity index (χ1) is 33.6. The number of ketones is 2. The van der Waals surface area contributed by atoms with E-state index in [9.17, 15) is 28.6 Å². The van der Waals surface area contributed by atoms with Crippen molar-refractivity contribution in [1.82, 2.24) is 9.80 Å². The number of benzene rings is 6. The van der Waals surface area contributed by atoms with E-state index in [1.807, 2.05) is 122 Å². The Balaban J connectivity index is 0.000000172. The Hall–Kier alpha value is -6.44. The number of hydrogen-bond donors (Lipinski definition) is 2. The average molecular weight is 965 g/mol. The van der Waals surface area contributed by atoms with Crippen molar-refractivity contribution in [3.63, 3.8) is 0 Å². The number of thiophene rings is 2. The van der Waals surface area contributed by atoms with E-state index in [4.69, 9.17) is 9.47 Å². The summed E-state index contributed by atoms with van der Waals surface area (Å²) in [6, 6.07) is 43.0. The second-order valence-corrected chi connectivity index (χ2v) is 19.9. The molecule has 2 aliphatic heterocycles. The minimum atomic E-state index is -0.224. The van der Waals surface area contributed by atoms with E-state index in [1.165, 1.54) is 22.7 Å². The molecule has 8 nitrogen and oxygen atoms in total. The van der Waals surface area contributed by atoms with E-state index < -0.39 is 0 Å². The number of aryl methyl sites for hydroxylation is 1. The highest BCUT2D eigenvalue weighted by Gasteiger charge is 2.27. The number of ether oxygens (including phenoxy) is 2. The summed E-state index contributed by atoms with van der Waals surface area (Å²) in [5.41, 5.74) is 5.88. The first-order valence-corrected chi connectivity index (χ1v) is 25.0. The lowest BCUT2D eigenvalue weighted by Crippen LogP contribution is -2.48. The van der Waals surface area contributed by atoms with E-state index in [0.29, 0.717) is 34.1 Å². The molecule has 0 radical (unpaired) electrons. The molecule has 0 unspecified atom stereocenters. The number of phenolic OH excluding ortho intramolecular Hbond substituents is 2. The van der Waals surface area contributed by atoms with Crippen molar-refractivity contribution in [2.75, 3.05) is 65.8 Å². The van der Waals surface area contributed by atoms with Gasteiger partial charge in [-0.2, -0.15) is 0 Å². The fourth-order valence-corrected chi connectivity index (χ4v) is 11.5. The van der Waals surface area contributed by atoms with Crippen LogP contribution in [0.1, 0.15) is 48.9 Å². The van der Waals surface area contributed by atoms with Gasteiger partial charge in [-0.15, -0.1) is 22.7 Å². The topological polar surface area (TPSA) is 99.5 Å². The lowest BCUT2D eigenvalue weighted by atomic mass is 9.96. The number of fused-ring (bicyclic) bond motifs is 2. The second-order valence-electron chi connectivity index (χ2n) is 17.8. The van der Waals surface area contributed by atoms with Gasteiger partial charge in [0.2, 0.25) is 11.6 Å². The third kappa shape index (κ3) is 11.1. The van der Waals surface area contributed by atoms with Gasteiger partial charge < -0.3 is 29.5 Å². The maximum Gasteiger partial charge on any atom is 0.203 e. The zero-order valence-corrected chi connectivity index (χ0v) is 40.0. The van der Waals surface area contributed by atoms with Crippen LogP contribution < -0.4 is 9.47 Å². The number of carbonyl (C=O) groups is 2. The lowest BCUT2D eigenvalue weighted by molar-refractivity contribution is 0.0755. The number of hydrogen-bond acceptors (Lipinski definition) is 10. The van der Waals surface area contributed by atoms with Crippen molar-refractivity contribution in [1.29, 1.82) is 0 Å². The van der Waals surface area contributed by atoms with Crippen molar-refractivity contribution in [3.05, 3.63) is 166 Å². The summed E-state index contributed by atoms with van der Waals surface area (Å²) >= 11 is 2.81. The van der Waals surface area contributed by atoms with Crippen molar-refractivity contribution in [3.8, 4) is 45.3 Å². The highest BCUT2D eigenvalue weighted by molar-refractivity contribution is 7.22. The summed E-state index contributed by atoms with van der Waals surface area (Å²) in [5, 5.41) is 21.9. The highest BCUT2D eigenvalue weighted by atomic mass is 32.1. The van der Waals surface area contributed by atoms with Crippen molar-refractivity contribution in [2.45, 2.75) is 19.8 Å². The summed E-state index contributed by atoms with van der Waals surface area (Å²) in [6.07, 6.45) is 1.80. The summed E-state index contributed by atoms with van der Waals surface area (Å²) < 4.78 is 38.7. The Morgan fingerprint density at radius 1 is 0.580 bits per heavy atom. The van der Waals surface area contributed by atoms with E-state index in [-0.39, 0.29) is 48.3 Å². The Morgan fingerprint density at radius 3 is 1.49 bits per heavy atom. The van der Waals surface area contributed by atoms with Crippen LogP contribution in [-0.4, -0.2) is 97.4 Å². The Labute approximate surface area is 409 Å². The van der Waals surface area contributed by atoms with Gasteiger partial charge in [-0.05, 0) is 97.1 Å². The van der Waals surface area contributed by atoms with Gasteiger partial charge in [-0.3, -0.25) is 18.4 Å². The van der Waals surface area contributed by atoms with Crippen LogP contribution in [0, 0.1) is 18.8 Å². The van der Waals surface area contributed by atoms with E-state index in [2.05, 4.69) is 9.80 Å². The molecule has 4 heterocycles. The number of nitrogens with zero attached hydrogens (tertiary/aromatic N) is 2. The zero-order valence-electron chi connectivity index (χ0n) is 38.4. The maximum atomic E-state index is 13.6. The van der Waals surface area contributed by atoms with Gasteiger partial charge in [0.1, 0.15) is 23.0 Å². The Kier molecular flexibility index (Phi) is 15.1. The van der Waals surface area contributed by atoms with Gasteiger partial charge in [0.15, 0.2) is 0 Å². The van der Waals surface area contributed by atoms with Gasteiger partial charge in [-0.1, -0.05) is 78.9 Å². The van der Waals surface area contributed by atoms with Gasteiger partial charge in [0.25, 0.3) is 0 Å². The largest absolute Gasteiger partial charge is 0.508 e. The molecular formula is C57H54F2N2O6S2. The van der Waals surface area contributed by atoms with Crippen LogP contribution in [0.4, 0.5) is 8.78 Å². The molecule has 12 heteroatoms. The molecule has 69 heavy (non-hydrogen) atoms. The molecule has 0 aliphatic carbocycles. The molecule has 2 aromatic heterocycles. The molecular weight excluding hydrogens is 911 g/mol. The smallest absolute Gasteiger partial charge is 0.203 e. The SMILES string of the molecule is Cc1ccccc1C(=O)c1sc2cc(O)ccc2c1-c1ccc(OCCCN2CC(CF)C2)cc1.O=C(c1ccccc1)c1sc2cc(O)ccc2c1-c1ccc(OCCCN2CC(CF)C2)cc1. The summed E-state index contributed by atoms with van der Waals surface area (Å²) in [7, 11) is 0. The molecule has 2 fully saturated rings. The van der Waals surface area contributed by atoms with Crippen molar-refractivity contribution < 1.29 is 38.1 Å². The molecule has 0 bridgehead atoms. The molecule has 6 aromatic carbocycles. The maximum absolute atomic E-state index is 13.6. The molecule has 0 amide bonds. The fourth-order valence-electron chi connectivity index (χ4n) is 9.04. The van der Waals surface area contributed by atoms with E-state index in [0.717, 1.165) is 112 Å². The molecule has 0 spiro atoms. The first kappa shape index (κ1) is 47.6. The van der Waals surface area contributed by atoms with Crippen LogP contribution in [-0.2, 0) is 0 Å². The number of likely N-dealkylation sites (tertiary alicyclic amines) is 2. The quantitative estimate of drug-likeness (QED) is 0.0648. The monoisotopic (exact) mass is 964 g/mol. The van der Waals surface area contributed by atoms with E-state index in [1.54, 1.807) is 24.3 Å². The third-order valence-corrected chi connectivity index (χ3v) is 15.1.